The topological polar surface area (TPSA) is 96.5 Å². The Hall–Kier alpha value is -2.00. The van der Waals surface area contributed by atoms with Gasteiger partial charge in [-0.2, -0.15) is 5.10 Å². The number of rotatable bonds is 5. The van der Waals surface area contributed by atoms with Crippen LogP contribution in [0.1, 0.15) is 10.6 Å². The normalized spacial score (nSPS) is 10.9. The second-order valence-corrected chi connectivity index (χ2v) is 6.56. The van der Waals surface area contributed by atoms with Crippen molar-refractivity contribution in [1.82, 2.24) is 15.6 Å². The van der Waals surface area contributed by atoms with E-state index in [1.165, 1.54) is 11.3 Å². The van der Waals surface area contributed by atoms with Gasteiger partial charge in [-0.15, -0.1) is 10.2 Å². The van der Waals surface area contributed by atoms with E-state index in [1.54, 1.807) is 6.21 Å². The zero-order valence-electron chi connectivity index (χ0n) is 12.1. The molecule has 0 saturated heterocycles. The lowest BCUT2D eigenvalue weighted by atomic mass is 10.2. The minimum absolute atomic E-state index is 0.107. The van der Waals surface area contributed by atoms with Gasteiger partial charge in [-0.25, -0.2) is 5.43 Å². The van der Waals surface area contributed by atoms with Gasteiger partial charge in [-0.1, -0.05) is 17.4 Å². The molecule has 22 heavy (non-hydrogen) atoms. The number of hydrogen-bond acceptors (Lipinski definition) is 7. The molecule has 3 N–H and O–H groups in total. The summed E-state index contributed by atoms with van der Waals surface area (Å²) in [6, 6.07) is 5.81. The molecule has 0 fully saturated rings. The van der Waals surface area contributed by atoms with Gasteiger partial charge in [0.1, 0.15) is 5.01 Å². The molecule has 1 amide bonds. The Morgan fingerprint density at radius 2 is 2.27 bits per heavy atom. The van der Waals surface area contributed by atoms with Crippen LogP contribution in [0.2, 0.25) is 0 Å². The highest BCUT2D eigenvalue weighted by Gasteiger charge is 2.07. The summed E-state index contributed by atoms with van der Waals surface area (Å²) in [5.74, 6) is -0.267. The van der Waals surface area contributed by atoms with Crippen molar-refractivity contribution < 1.29 is 4.79 Å². The van der Waals surface area contributed by atoms with Crippen molar-refractivity contribution in [1.29, 1.82) is 0 Å². The fraction of sp³-hybridized carbons (Fsp3) is 0.231. The number of nitrogens with two attached hydrogens (primary N) is 1. The van der Waals surface area contributed by atoms with Crippen LogP contribution < -0.4 is 16.1 Å². The molecule has 1 heterocycles. The third kappa shape index (κ3) is 4.50. The Labute approximate surface area is 140 Å². The van der Waals surface area contributed by atoms with Crippen molar-refractivity contribution in [2.45, 2.75) is 6.42 Å². The number of halogens is 1. The van der Waals surface area contributed by atoms with Crippen molar-refractivity contribution in [3.8, 4) is 0 Å². The highest BCUT2D eigenvalue weighted by atomic mass is 79.9. The van der Waals surface area contributed by atoms with E-state index < -0.39 is 0 Å². The number of amides is 1. The Balaban J connectivity index is 1.92. The Morgan fingerprint density at radius 3 is 2.86 bits per heavy atom. The molecule has 0 aliphatic carbocycles. The lowest BCUT2D eigenvalue weighted by molar-refractivity contribution is -0.120. The summed E-state index contributed by atoms with van der Waals surface area (Å²) in [6.45, 7) is 0. The van der Waals surface area contributed by atoms with E-state index in [9.17, 15) is 4.79 Å². The molecule has 1 aromatic carbocycles. The number of benzene rings is 1. The molecule has 1 aromatic heterocycles. The average molecular weight is 383 g/mol. The van der Waals surface area contributed by atoms with Crippen LogP contribution in [0.3, 0.4) is 0 Å². The molecule has 0 radical (unpaired) electrons. The van der Waals surface area contributed by atoms with Gasteiger partial charge in [0.15, 0.2) is 0 Å². The van der Waals surface area contributed by atoms with Crippen LogP contribution in [0.4, 0.5) is 10.8 Å². The van der Waals surface area contributed by atoms with Crippen LogP contribution >= 0.6 is 27.3 Å². The van der Waals surface area contributed by atoms with Crippen LogP contribution in [-0.2, 0) is 11.2 Å². The molecule has 0 aliphatic heterocycles. The number of aromatic nitrogens is 2. The number of nitrogens with one attached hydrogen (secondary N) is 1. The van der Waals surface area contributed by atoms with Crippen LogP contribution in [-0.4, -0.2) is 36.4 Å². The molecule has 7 nitrogen and oxygen atoms in total. The zero-order chi connectivity index (χ0) is 16.1. The molecule has 0 atom stereocenters. The van der Waals surface area contributed by atoms with E-state index >= 15 is 0 Å². The highest BCUT2D eigenvalue weighted by Crippen LogP contribution is 2.25. The lowest BCUT2D eigenvalue weighted by Crippen LogP contribution is -2.19. The molecule has 0 bridgehead atoms. The lowest BCUT2D eigenvalue weighted by Gasteiger charge is -2.14. The number of hydrazone groups is 1. The van der Waals surface area contributed by atoms with Crippen LogP contribution in [0, 0.1) is 0 Å². The maximum atomic E-state index is 11.7. The molecule has 2 aromatic rings. The van der Waals surface area contributed by atoms with E-state index in [0.29, 0.717) is 10.1 Å². The number of nitrogens with zero attached hydrogens (tertiary/aromatic N) is 4. The molecule has 0 unspecified atom stereocenters. The highest BCUT2D eigenvalue weighted by molar-refractivity contribution is 9.10. The maximum Gasteiger partial charge on any atom is 0.247 e. The first-order valence-electron chi connectivity index (χ1n) is 6.32. The predicted molar refractivity (Wildman–Crippen MR) is 92.2 cm³/mol. The van der Waals surface area contributed by atoms with Crippen molar-refractivity contribution in [2.24, 2.45) is 5.10 Å². The first kappa shape index (κ1) is 16.4. The van der Waals surface area contributed by atoms with Gasteiger partial charge >= 0.3 is 0 Å². The Kier molecular flexibility index (Phi) is 5.45. The van der Waals surface area contributed by atoms with Gasteiger partial charge in [0.2, 0.25) is 11.0 Å². The molecular weight excluding hydrogens is 368 g/mol. The Morgan fingerprint density at radius 1 is 1.50 bits per heavy atom. The average Bonchev–Trinajstić information content (AvgIpc) is 2.83. The van der Waals surface area contributed by atoms with Gasteiger partial charge in [0.25, 0.3) is 0 Å². The summed E-state index contributed by atoms with van der Waals surface area (Å²) in [5, 5.41) is 12.3. The van der Waals surface area contributed by atoms with Gasteiger partial charge in [0, 0.05) is 18.6 Å². The first-order chi connectivity index (χ1) is 10.5. The molecule has 116 valence electrons. The van der Waals surface area contributed by atoms with Crippen LogP contribution in [0.5, 0.6) is 0 Å². The summed E-state index contributed by atoms with van der Waals surface area (Å²) >= 11 is 4.68. The molecule has 9 heteroatoms. The van der Waals surface area contributed by atoms with E-state index in [2.05, 4.69) is 36.7 Å². The second kappa shape index (κ2) is 7.32. The van der Waals surface area contributed by atoms with E-state index in [0.717, 1.165) is 15.7 Å². The third-order valence-corrected chi connectivity index (χ3v) is 4.04. The number of hydrogen-bond donors (Lipinski definition) is 2. The molecule has 0 saturated carbocycles. The molecule has 0 spiro atoms. The van der Waals surface area contributed by atoms with Gasteiger partial charge < -0.3 is 10.6 Å². The molecule has 2 rings (SSSR count). The van der Waals surface area contributed by atoms with Crippen molar-refractivity contribution in [2.75, 3.05) is 24.7 Å². The Bertz CT molecular complexity index is 700. The van der Waals surface area contributed by atoms with Crippen molar-refractivity contribution in [3.63, 3.8) is 0 Å². The molecular formula is C13H15BrN6OS. The van der Waals surface area contributed by atoms with Gasteiger partial charge in [0.05, 0.1) is 18.3 Å². The largest absolute Gasteiger partial charge is 0.377 e. The summed E-state index contributed by atoms with van der Waals surface area (Å²) in [6.07, 6.45) is 1.69. The van der Waals surface area contributed by atoms with E-state index in [-0.39, 0.29) is 12.3 Å². The van der Waals surface area contributed by atoms with Crippen molar-refractivity contribution >= 4 is 50.2 Å². The van der Waals surface area contributed by atoms with E-state index in [1.807, 2.05) is 37.2 Å². The summed E-state index contributed by atoms with van der Waals surface area (Å²) < 4.78 is 0.956. The van der Waals surface area contributed by atoms with Crippen molar-refractivity contribution in [3.05, 3.63) is 33.2 Å². The fourth-order valence-corrected chi connectivity index (χ4v) is 3.02. The smallest absolute Gasteiger partial charge is 0.247 e. The third-order valence-electron chi connectivity index (χ3n) is 2.65. The van der Waals surface area contributed by atoms with Gasteiger partial charge in [-0.05, 0) is 33.6 Å². The van der Waals surface area contributed by atoms with Gasteiger partial charge in [-0.3, -0.25) is 4.79 Å². The minimum atomic E-state index is -0.267. The predicted octanol–water partition coefficient (Wildman–Crippen LogP) is 1.64. The monoisotopic (exact) mass is 382 g/mol. The SMILES string of the molecule is CN(C)c1ccc(/C=N\NC(=O)Cc2nnc(N)s2)cc1Br. The summed E-state index contributed by atoms with van der Waals surface area (Å²) in [5.41, 5.74) is 9.84. The number of carbonyl (C=O) groups excluding carboxylic acids is 1. The zero-order valence-corrected chi connectivity index (χ0v) is 14.5. The maximum absolute atomic E-state index is 11.7. The molecule has 0 aliphatic rings. The second-order valence-electron chi connectivity index (χ2n) is 4.61. The van der Waals surface area contributed by atoms with Crippen LogP contribution in [0.25, 0.3) is 0 Å². The first-order valence-corrected chi connectivity index (χ1v) is 7.93. The standard InChI is InChI=1S/C13H15BrN6OS/c1-20(2)10-4-3-8(5-9(10)14)7-16-17-11(21)6-12-18-19-13(15)22-12/h3-5,7H,6H2,1-2H3,(H2,15,19)(H,17,21)/b16-7-. The quantitative estimate of drug-likeness (QED) is 0.605. The number of anilines is 2. The van der Waals surface area contributed by atoms with E-state index in [4.69, 9.17) is 5.73 Å². The minimum Gasteiger partial charge on any atom is -0.377 e. The summed E-state index contributed by atoms with van der Waals surface area (Å²) in [4.78, 5) is 13.7. The summed E-state index contributed by atoms with van der Waals surface area (Å²) in [7, 11) is 3.93. The van der Waals surface area contributed by atoms with Crippen LogP contribution in [0.15, 0.2) is 27.8 Å². The fourth-order valence-electron chi connectivity index (χ4n) is 1.66. The number of carbonyl (C=O) groups is 1. The number of nitrogen functional groups attached to an aromatic ring is 1.